The van der Waals surface area contributed by atoms with Crippen molar-refractivity contribution in [2.24, 2.45) is 0 Å². The van der Waals surface area contributed by atoms with Crippen molar-refractivity contribution in [2.75, 3.05) is 25.0 Å². The Bertz CT molecular complexity index is 666. The highest BCUT2D eigenvalue weighted by Crippen LogP contribution is 2.12. The molecule has 1 heterocycles. The molecule has 1 amide bonds. The van der Waals surface area contributed by atoms with Crippen LogP contribution in [0.15, 0.2) is 36.7 Å². The quantitative estimate of drug-likeness (QED) is 0.700. The summed E-state index contributed by atoms with van der Waals surface area (Å²) in [5.74, 6) is -0.261. The van der Waals surface area contributed by atoms with Crippen LogP contribution in [0, 0.1) is 5.82 Å². The number of carbonyl (C=O) groups is 1. The molecule has 26 heavy (non-hydrogen) atoms. The van der Waals surface area contributed by atoms with Crippen LogP contribution in [0.25, 0.3) is 0 Å². The molecular formula is C19H27FN4O2. The molecule has 0 radical (unpaired) electrons. The number of halogens is 1. The lowest BCUT2D eigenvalue weighted by atomic mass is 10.1. The highest BCUT2D eigenvalue weighted by atomic mass is 19.1. The molecule has 2 N–H and O–H groups in total. The van der Waals surface area contributed by atoms with Crippen LogP contribution in [-0.2, 0) is 11.2 Å². The third-order valence-corrected chi connectivity index (χ3v) is 3.67. The van der Waals surface area contributed by atoms with Crippen molar-refractivity contribution in [3.63, 3.8) is 0 Å². The van der Waals surface area contributed by atoms with Crippen LogP contribution in [0.3, 0.4) is 0 Å². The third kappa shape index (κ3) is 7.13. The number of hydrogen-bond acceptors (Lipinski definition) is 4. The first-order chi connectivity index (χ1) is 12.3. The van der Waals surface area contributed by atoms with Gasteiger partial charge in [0.1, 0.15) is 11.4 Å². The minimum absolute atomic E-state index is 0.261. The normalized spacial score (nSPS) is 11.2. The first-order valence-corrected chi connectivity index (χ1v) is 8.78. The van der Waals surface area contributed by atoms with E-state index in [1.165, 1.54) is 12.1 Å². The molecule has 0 unspecified atom stereocenters. The Labute approximate surface area is 153 Å². The predicted molar refractivity (Wildman–Crippen MR) is 99.6 cm³/mol. The topological polar surface area (TPSA) is 70.2 Å². The van der Waals surface area contributed by atoms with Gasteiger partial charge in [-0.1, -0.05) is 12.1 Å². The second kappa shape index (κ2) is 9.22. The molecule has 1 aromatic carbocycles. The Kier molecular flexibility index (Phi) is 7.00. The number of H-pyrrole nitrogens is 1. The van der Waals surface area contributed by atoms with E-state index in [1.807, 2.05) is 20.8 Å². The van der Waals surface area contributed by atoms with Crippen LogP contribution in [0.1, 0.15) is 32.8 Å². The number of aromatic nitrogens is 2. The summed E-state index contributed by atoms with van der Waals surface area (Å²) in [4.78, 5) is 14.2. The summed E-state index contributed by atoms with van der Waals surface area (Å²) in [7, 11) is 0. The van der Waals surface area contributed by atoms with Gasteiger partial charge in [0.25, 0.3) is 0 Å². The number of anilines is 1. The number of nitrogens with one attached hydrogen (secondary N) is 2. The van der Waals surface area contributed by atoms with Gasteiger partial charge in [0, 0.05) is 25.8 Å². The number of benzene rings is 1. The van der Waals surface area contributed by atoms with Crippen molar-refractivity contribution in [1.29, 1.82) is 0 Å². The molecule has 6 nitrogen and oxygen atoms in total. The number of rotatable bonds is 8. The van der Waals surface area contributed by atoms with Crippen LogP contribution in [0.5, 0.6) is 0 Å². The number of hydrogen-bond donors (Lipinski definition) is 2. The molecule has 0 atom stereocenters. The van der Waals surface area contributed by atoms with Gasteiger partial charge in [0.05, 0.1) is 11.9 Å². The number of carbonyl (C=O) groups excluding carboxylic acids is 1. The van der Waals surface area contributed by atoms with Crippen LogP contribution in [0.4, 0.5) is 14.9 Å². The van der Waals surface area contributed by atoms with Gasteiger partial charge >= 0.3 is 6.09 Å². The van der Waals surface area contributed by atoms with Gasteiger partial charge in [-0.25, -0.2) is 9.18 Å². The molecule has 0 fully saturated rings. The first kappa shape index (κ1) is 19.8. The van der Waals surface area contributed by atoms with Gasteiger partial charge in [-0.05, 0) is 51.3 Å². The maximum absolute atomic E-state index is 13.0. The number of amides is 1. The molecule has 0 saturated heterocycles. The van der Waals surface area contributed by atoms with E-state index in [4.69, 9.17) is 4.74 Å². The fourth-order valence-electron chi connectivity index (χ4n) is 2.39. The Morgan fingerprint density at radius 3 is 2.62 bits per heavy atom. The Morgan fingerprint density at radius 2 is 2.00 bits per heavy atom. The van der Waals surface area contributed by atoms with Crippen molar-refractivity contribution in [1.82, 2.24) is 15.1 Å². The molecule has 1 aromatic heterocycles. The van der Waals surface area contributed by atoms with E-state index in [1.54, 1.807) is 29.4 Å². The molecule has 0 aliphatic heterocycles. The third-order valence-electron chi connectivity index (χ3n) is 3.67. The van der Waals surface area contributed by atoms with Crippen LogP contribution in [-0.4, -0.2) is 46.4 Å². The van der Waals surface area contributed by atoms with Gasteiger partial charge in [-0.3, -0.25) is 5.10 Å². The second-order valence-corrected chi connectivity index (χ2v) is 7.11. The molecule has 7 heteroatoms. The summed E-state index contributed by atoms with van der Waals surface area (Å²) in [6, 6.07) is 6.34. The van der Waals surface area contributed by atoms with Crippen LogP contribution in [0.2, 0.25) is 0 Å². The van der Waals surface area contributed by atoms with E-state index in [2.05, 4.69) is 15.5 Å². The maximum atomic E-state index is 13.0. The monoisotopic (exact) mass is 362 g/mol. The SMILES string of the molecule is CC(C)(C)OC(=O)N(CCCNc1cn[nH]c1)CCc1ccc(F)cc1. The zero-order valence-corrected chi connectivity index (χ0v) is 15.6. The molecular weight excluding hydrogens is 335 g/mol. The van der Waals surface area contributed by atoms with Crippen molar-refractivity contribution in [3.05, 3.63) is 48.0 Å². The molecule has 0 aliphatic carbocycles. The fourth-order valence-corrected chi connectivity index (χ4v) is 2.39. The van der Waals surface area contributed by atoms with E-state index in [9.17, 15) is 9.18 Å². The molecule has 0 aliphatic rings. The van der Waals surface area contributed by atoms with Crippen molar-refractivity contribution < 1.29 is 13.9 Å². The molecule has 142 valence electrons. The van der Waals surface area contributed by atoms with Gasteiger partial charge < -0.3 is 15.0 Å². The zero-order valence-electron chi connectivity index (χ0n) is 15.6. The van der Waals surface area contributed by atoms with Gasteiger partial charge in [0.2, 0.25) is 0 Å². The fraction of sp³-hybridized carbons (Fsp3) is 0.474. The van der Waals surface area contributed by atoms with Crippen molar-refractivity contribution in [3.8, 4) is 0 Å². The number of aromatic amines is 1. The predicted octanol–water partition coefficient (Wildman–Crippen LogP) is 3.83. The highest BCUT2D eigenvalue weighted by Gasteiger charge is 2.21. The Hall–Kier alpha value is -2.57. The summed E-state index contributed by atoms with van der Waals surface area (Å²) >= 11 is 0. The minimum atomic E-state index is -0.541. The number of ether oxygens (including phenoxy) is 1. The summed E-state index contributed by atoms with van der Waals surface area (Å²) in [6.07, 6.45) is 4.57. The van der Waals surface area contributed by atoms with Crippen LogP contribution < -0.4 is 5.32 Å². The summed E-state index contributed by atoms with van der Waals surface area (Å²) in [5.41, 5.74) is 1.36. The largest absolute Gasteiger partial charge is 0.444 e. The maximum Gasteiger partial charge on any atom is 0.410 e. The lowest BCUT2D eigenvalue weighted by Gasteiger charge is -2.27. The van der Waals surface area contributed by atoms with E-state index in [-0.39, 0.29) is 11.9 Å². The number of nitrogens with zero attached hydrogens (tertiary/aromatic N) is 2. The van der Waals surface area contributed by atoms with Crippen molar-refractivity contribution >= 4 is 11.8 Å². The average Bonchev–Trinajstić information content (AvgIpc) is 3.07. The minimum Gasteiger partial charge on any atom is -0.444 e. The van der Waals surface area contributed by atoms with E-state index in [0.717, 1.165) is 24.2 Å². The molecule has 0 saturated carbocycles. The molecule has 0 bridgehead atoms. The van der Waals surface area contributed by atoms with Gasteiger partial charge in [-0.2, -0.15) is 5.10 Å². The van der Waals surface area contributed by atoms with Gasteiger partial charge in [0.15, 0.2) is 0 Å². The average molecular weight is 362 g/mol. The zero-order chi connectivity index (χ0) is 19.0. The van der Waals surface area contributed by atoms with E-state index in [0.29, 0.717) is 19.5 Å². The standard InChI is InChI=1S/C19H27FN4O2/c1-19(2,3)26-18(25)24(11-4-10-21-17-13-22-23-14-17)12-9-15-5-7-16(20)8-6-15/h5-8,13-14,21H,4,9-12H2,1-3H3,(H,22,23). The smallest absolute Gasteiger partial charge is 0.410 e. The Morgan fingerprint density at radius 1 is 1.27 bits per heavy atom. The van der Waals surface area contributed by atoms with Gasteiger partial charge in [-0.15, -0.1) is 0 Å². The summed E-state index contributed by atoms with van der Waals surface area (Å²) in [5, 5.41) is 9.85. The first-order valence-electron chi connectivity index (χ1n) is 8.78. The van der Waals surface area contributed by atoms with Crippen molar-refractivity contribution in [2.45, 2.75) is 39.2 Å². The summed E-state index contributed by atoms with van der Waals surface area (Å²) < 4.78 is 18.5. The molecule has 2 aromatic rings. The van der Waals surface area contributed by atoms with E-state index >= 15 is 0 Å². The lowest BCUT2D eigenvalue weighted by molar-refractivity contribution is 0.0251. The highest BCUT2D eigenvalue weighted by molar-refractivity contribution is 5.68. The Balaban J connectivity index is 1.87. The summed E-state index contributed by atoms with van der Waals surface area (Å²) in [6.45, 7) is 7.36. The second-order valence-electron chi connectivity index (χ2n) is 7.11. The molecule has 0 spiro atoms. The van der Waals surface area contributed by atoms with Crippen LogP contribution >= 0.6 is 0 Å². The molecule has 2 rings (SSSR count). The van der Waals surface area contributed by atoms with E-state index < -0.39 is 5.60 Å². The lowest BCUT2D eigenvalue weighted by Crippen LogP contribution is -2.39.